The average molecular weight is 569 g/mol. The summed E-state index contributed by atoms with van der Waals surface area (Å²) in [5.74, 6) is -0.638. The molecule has 1 aliphatic rings. The second-order valence-corrected chi connectivity index (χ2v) is 11.5. The minimum Gasteiger partial charge on any atom is -0.464 e. The third kappa shape index (κ3) is 5.91. The number of fused-ring (bicyclic) bond motifs is 1. The largest absolute Gasteiger partial charge is 0.464 e. The van der Waals surface area contributed by atoms with E-state index in [1.807, 2.05) is 98.8 Å². The molecule has 0 saturated carbocycles. The van der Waals surface area contributed by atoms with E-state index in [1.54, 1.807) is 29.2 Å². The highest BCUT2D eigenvalue weighted by Gasteiger charge is 2.52. The van der Waals surface area contributed by atoms with Gasteiger partial charge in [-0.1, -0.05) is 116 Å². The van der Waals surface area contributed by atoms with Crippen molar-refractivity contribution in [2.45, 2.75) is 32.2 Å². The van der Waals surface area contributed by atoms with Gasteiger partial charge >= 0.3 is 5.97 Å². The molecule has 0 aliphatic carbocycles. The summed E-state index contributed by atoms with van der Waals surface area (Å²) < 4.78 is 12.5. The van der Waals surface area contributed by atoms with Crippen molar-refractivity contribution in [2.75, 3.05) is 13.2 Å². The fraction of sp³-hybridized carbons (Fsp3) is 0.235. The number of carbonyl (C=O) groups excluding carboxylic acids is 2. The molecule has 0 saturated heterocycles. The first-order chi connectivity index (χ1) is 19.7. The van der Waals surface area contributed by atoms with Crippen LogP contribution in [0.1, 0.15) is 52.5 Å². The van der Waals surface area contributed by atoms with Crippen molar-refractivity contribution in [3.05, 3.63) is 142 Å². The maximum Gasteiger partial charge on any atom is 0.327 e. The molecule has 2 atom stereocenters. The van der Waals surface area contributed by atoms with Gasteiger partial charge in [-0.15, -0.1) is 0 Å². The first-order valence-corrected chi connectivity index (χ1v) is 13.9. The first-order valence-electron chi connectivity index (χ1n) is 13.5. The number of nitrogens with zero attached hydrogens (tertiary/aromatic N) is 1. The zero-order valence-electron chi connectivity index (χ0n) is 23.1. The minimum atomic E-state index is -1.23. The summed E-state index contributed by atoms with van der Waals surface area (Å²) in [7, 11) is 0. The van der Waals surface area contributed by atoms with Crippen LogP contribution in [0.2, 0.25) is 5.02 Å². The Morgan fingerprint density at radius 1 is 0.878 bits per heavy atom. The van der Waals surface area contributed by atoms with Gasteiger partial charge in [0.2, 0.25) is 0 Å². The van der Waals surface area contributed by atoms with Crippen molar-refractivity contribution in [3.8, 4) is 0 Å². The van der Waals surface area contributed by atoms with E-state index in [4.69, 9.17) is 26.8 Å². The Labute approximate surface area is 245 Å². The van der Waals surface area contributed by atoms with Gasteiger partial charge in [-0.3, -0.25) is 9.69 Å². The van der Waals surface area contributed by atoms with Crippen molar-refractivity contribution in [2.24, 2.45) is 11.1 Å². The lowest BCUT2D eigenvalue weighted by atomic mass is 9.91. The Kier molecular flexibility index (Phi) is 8.27. The minimum absolute atomic E-state index is 0.0807. The van der Waals surface area contributed by atoms with Crippen molar-refractivity contribution >= 4 is 23.5 Å². The molecule has 1 amide bonds. The summed E-state index contributed by atoms with van der Waals surface area (Å²) >= 11 is 6.27. The number of esters is 1. The van der Waals surface area contributed by atoms with Crippen molar-refractivity contribution < 1.29 is 19.1 Å². The van der Waals surface area contributed by atoms with Gasteiger partial charge in [0.1, 0.15) is 6.04 Å². The van der Waals surface area contributed by atoms with Crippen LogP contribution in [0.5, 0.6) is 0 Å². The molecule has 0 spiro atoms. The number of ether oxygens (including phenoxy) is 2. The predicted molar refractivity (Wildman–Crippen MR) is 159 cm³/mol. The molecule has 4 aromatic rings. The molecule has 0 aromatic heterocycles. The molecule has 0 radical (unpaired) electrons. The Bertz CT molecular complexity index is 1510. The van der Waals surface area contributed by atoms with Crippen LogP contribution in [0.4, 0.5) is 0 Å². The van der Waals surface area contributed by atoms with Crippen molar-refractivity contribution in [3.63, 3.8) is 0 Å². The van der Waals surface area contributed by atoms with Gasteiger partial charge in [0.15, 0.2) is 5.72 Å². The SMILES string of the molecule is CC(C)(COC(=O)[C@@H](N)c1ccccc1)COC1(c2ccc(Cl)cc2)c2ccccc2C(=O)N1Cc1ccccc1. The van der Waals surface area contributed by atoms with Crippen LogP contribution in [0.3, 0.4) is 0 Å². The average Bonchev–Trinajstić information content (AvgIpc) is 3.23. The third-order valence-corrected chi connectivity index (χ3v) is 7.51. The number of hydrogen-bond acceptors (Lipinski definition) is 5. The van der Waals surface area contributed by atoms with Crippen LogP contribution in [0.15, 0.2) is 109 Å². The van der Waals surface area contributed by atoms with E-state index >= 15 is 0 Å². The molecule has 5 rings (SSSR count). The summed E-state index contributed by atoms with van der Waals surface area (Å²) in [5.41, 5.74) is 8.08. The maximum atomic E-state index is 13.9. The second-order valence-electron chi connectivity index (χ2n) is 11.0. The van der Waals surface area contributed by atoms with Gasteiger partial charge in [0.05, 0.1) is 13.2 Å². The molecular weight excluding hydrogens is 536 g/mol. The van der Waals surface area contributed by atoms with Gasteiger partial charge in [-0.25, -0.2) is 4.79 Å². The van der Waals surface area contributed by atoms with Crippen LogP contribution in [0.25, 0.3) is 0 Å². The summed E-state index contributed by atoms with van der Waals surface area (Å²) in [6, 6.07) is 33.0. The molecule has 1 aliphatic heterocycles. The van der Waals surface area contributed by atoms with E-state index in [-0.39, 0.29) is 19.1 Å². The van der Waals surface area contributed by atoms with Crippen LogP contribution < -0.4 is 5.73 Å². The Hall–Kier alpha value is -3.97. The zero-order valence-corrected chi connectivity index (χ0v) is 23.9. The molecule has 1 unspecified atom stereocenters. The Morgan fingerprint density at radius 2 is 1.49 bits per heavy atom. The van der Waals surface area contributed by atoms with E-state index in [0.29, 0.717) is 22.7 Å². The summed E-state index contributed by atoms with van der Waals surface area (Å²) in [5, 5.41) is 0.582. The third-order valence-electron chi connectivity index (χ3n) is 7.26. The lowest BCUT2D eigenvalue weighted by Gasteiger charge is -2.41. The van der Waals surface area contributed by atoms with Crippen molar-refractivity contribution in [1.29, 1.82) is 0 Å². The highest BCUT2D eigenvalue weighted by molar-refractivity contribution is 6.30. The zero-order chi connectivity index (χ0) is 29.0. The molecule has 2 N–H and O–H groups in total. The van der Waals surface area contributed by atoms with Gasteiger partial charge in [-0.05, 0) is 29.3 Å². The Morgan fingerprint density at radius 3 is 2.17 bits per heavy atom. The number of hydrogen-bond donors (Lipinski definition) is 1. The number of amides is 1. The van der Waals surface area contributed by atoms with Gasteiger partial charge in [0, 0.05) is 33.7 Å². The lowest BCUT2D eigenvalue weighted by molar-refractivity contribution is -0.158. The van der Waals surface area contributed by atoms with E-state index < -0.39 is 23.2 Å². The number of benzene rings is 4. The quantitative estimate of drug-likeness (QED) is 0.221. The first kappa shape index (κ1) is 28.6. The molecule has 0 bridgehead atoms. The summed E-state index contributed by atoms with van der Waals surface area (Å²) in [6.45, 7) is 4.49. The standard InChI is InChI=1S/C34H33ClN2O4/c1-33(2,22-40-32(39)30(36)25-13-7-4-8-14-25)23-41-34(26-17-19-27(35)20-18-26)29-16-10-9-15-28(29)31(38)37(34)21-24-11-5-3-6-12-24/h3-20,30H,21-23,36H2,1-2H3/t30-,34?/m0/s1. The molecular formula is C34H33ClN2O4. The van der Waals surface area contributed by atoms with Crippen LogP contribution in [0, 0.1) is 5.41 Å². The molecule has 6 nitrogen and oxygen atoms in total. The topological polar surface area (TPSA) is 81.9 Å². The van der Waals surface area contributed by atoms with Crippen LogP contribution in [-0.4, -0.2) is 30.0 Å². The fourth-order valence-corrected chi connectivity index (χ4v) is 5.19. The van der Waals surface area contributed by atoms with Crippen LogP contribution in [-0.2, 0) is 26.5 Å². The number of rotatable bonds is 10. The normalized spacial score (nSPS) is 17.3. The molecule has 1 heterocycles. The lowest BCUT2D eigenvalue weighted by Crippen LogP contribution is -2.48. The highest BCUT2D eigenvalue weighted by Crippen LogP contribution is 2.47. The smallest absolute Gasteiger partial charge is 0.327 e. The molecule has 41 heavy (non-hydrogen) atoms. The maximum absolute atomic E-state index is 13.9. The molecule has 210 valence electrons. The predicted octanol–water partition coefficient (Wildman–Crippen LogP) is 6.48. The van der Waals surface area contributed by atoms with Gasteiger partial charge in [0.25, 0.3) is 5.91 Å². The number of carbonyl (C=O) groups is 2. The number of halogens is 1. The van der Waals surface area contributed by atoms with Gasteiger partial charge in [-0.2, -0.15) is 0 Å². The second kappa shape index (κ2) is 11.9. The molecule has 7 heteroatoms. The van der Waals surface area contributed by atoms with E-state index in [0.717, 1.165) is 16.7 Å². The van der Waals surface area contributed by atoms with E-state index in [9.17, 15) is 9.59 Å². The molecule has 4 aromatic carbocycles. The monoisotopic (exact) mass is 568 g/mol. The van der Waals surface area contributed by atoms with Crippen LogP contribution >= 0.6 is 11.6 Å². The van der Waals surface area contributed by atoms with Gasteiger partial charge < -0.3 is 15.2 Å². The highest BCUT2D eigenvalue weighted by atomic mass is 35.5. The van der Waals surface area contributed by atoms with E-state index in [1.165, 1.54) is 0 Å². The molecule has 0 fully saturated rings. The fourth-order valence-electron chi connectivity index (χ4n) is 5.07. The Balaban J connectivity index is 1.46. The van der Waals surface area contributed by atoms with Crippen molar-refractivity contribution in [1.82, 2.24) is 4.90 Å². The summed E-state index contributed by atoms with van der Waals surface area (Å²) in [6.07, 6.45) is 0. The number of nitrogens with two attached hydrogens (primary N) is 1. The summed E-state index contributed by atoms with van der Waals surface area (Å²) in [4.78, 5) is 28.5. The van der Waals surface area contributed by atoms with E-state index in [2.05, 4.69) is 0 Å².